The summed E-state index contributed by atoms with van der Waals surface area (Å²) in [5.41, 5.74) is 10.7. The molecule has 0 unspecified atom stereocenters. The maximum absolute atomic E-state index is 4.77. The SMILES string of the molecule is CC1(C)c2c[c-]c(-c3nccc4c3ccc3ccccc34)cc2-c2ccccc21.Cc1ccnc(-c2[c-]cccc2)c1.[Ir]. The summed E-state index contributed by atoms with van der Waals surface area (Å²) in [7, 11) is 0. The molecule has 2 heterocycles. The largest absolute Gasteiger partial charge is 0.305 e. The second kappa shape index (κ2) is 11.7. The molecule has 7 aromatic rings. The van der Waals surface area contributed by atoms with Crippen molar-refractivity contribution in [3.8, 4) is 33.6 Å². The van der Waals surface area contributed by atoms with E-state index < -0.39 is 0 Å². The molecule has 0 spiro atoms. The number of hydrogen-bond acceptors (Lipinski definition) is 2. The number of benzene rings is 5. The van der Waals surface area contributed by atoms with E-state index in [1.54, 1.807) is 0 Å². The van der Waals surface area contributed by atoms with Crippen LogP contribution in [0.15, 0.2) is 128 Å². The van der Waals surface area contributed by atoms with Gasteiger partial charge in [-0.15, -0.1) is 65.2 Å². The van der Waals surface area contributed by atoms with Crippen LogP contribution in [-0.4, -0.2) is 9.97 Å². The third kappa shape index (κ3) is 5.20. The van der Waals surface area contributed by atoms with Gasteiger partial charge in [-0.25, -0.2) is 0 Å². The van der Waals surface area contributed by atoms with Crippen LogP contribution in [0.2, 0.25) is 0 Å². The van der Waals surface area contributed by atoms with E-state index in [1.165, 1.54) is 49.4 Å². The first-order valence-corrected chi connectivity index (χ1v) is 14.3. The maximum Gasteiger partial charge on any atom is 0.0167 e. The van der Waals surface area contributed by atoms with Crippen LogP contribution < -0.4 is 0 Å². The van der Waals surface area contributed by atoms with Crippen LogP contribution >= 0.6 is 0 Å². The molecular formula is C40H30IrN2-2. The van der Waals surface area contributed by atoms with Gasteiger partial charge < -0.3 is 9.97 Å². The molecule has 0 aliphatic heterocycles. The summed E-state index contributed by atoms with van der Waals surface area (Å²) in [6.45, 7) is 6.66. The van der Waals surface area contributed by atoms with Crippen LogP contribution in [0.3, 0.4) is 0 Å². The Labute approximate surface area is 266 Å². The minimum absolute atomic E-state index is 0. The van der Waals surface area contributed by atoms with E-state index in [9.17, 15) is 0 Å². The van der Waals surface area contributed by atoms with Gasteiger partial charge in [0, 0.05) is 32.5 Å². The number of fused-ring (bicyclic) bond motifs is 6. The molecule has 8 rings (SSSR count). The van der Waals surface area contributed by atoms with E-state index in [1.807, 2.05) is 42.7 Å². The molecule has 43 heavy (non-hydrogen) atoms. The number of nitrogens with zero attached hydrogens (tertiary/aromatic N) is 2. The third-order valence-electron chi connectivity index (χ3n) is 8.34. The number of pyridine rings is 2. The summed E-state index contributed by atoms with van der Waals surface area (Å²) >= 11 is 0. The van der Waals surface area contributed by atoms with Crippen molar-refractivity contribution in [1.82, 2.24) is 9.97 Å². The van der Waals surface area contributed by atoms with Crippen molar-refractivity contribution in [2.24, 2.45) is 0 Å². The third-order valence-corrected chi connectivity index (χ3v) is 8.34. The molecule has 1 radical (unpaired) electrons. The van der Waals surface area contributed by atoms with E-state index in [-0.39, 0.29) is 25.5 Å². The van der Waals surface area contributed by atoms with Gasteiger partial charge in [0.2, 0.25) is 0 Å². The summed E-state index contributed by atoms with van der Waals surface area (Å²) in [5.74, 6) is 0. The predicted octanol–water partition coefficient (Wildman–Crippen LogP) is 10.0. The number of aryl methyl sites for hydroxylation is 1. The Hall–Kier alpha value is -4.43. The molecule has 3 heteroatoms. The van der Waals surface area contributed by atoms with Crippen molar-refractivity contribution in [3.05, 3.63) is 156 Å². The fourth-order valence-corrected chi connectivity index (χ4v) is 6.16. The van der Waals surface area contributed by atoms with Gasteiger partial charge >= 0.3 is 0 Å². The molecule has 2 aromatic heterocycles. The zero-order valence-corrected chi connectivity index (χ0v) is 26.7. The number of aromatic nitrogens is 2. The first-order chi connectivity index (χ1) is 20.5. The minimum Gasteiger partial charge on any atom is -0.305 e. The van der Waals surface area contributed by atoms with Gasteiger partial charge in [0.05, 0.1) is 0 Å². The van der Waals surface area contributed by atoms with Crippen LogP contribution in [0.1, 0.15) is 30.5 Å². The Morgan fingerprint density at radius 3 is 2.23 bits per heavy atom. The van der Waals surface area contributed by atoms with E-state index >= 15 is 0 Å². The van der Waals surface area contributed by atoms with Gasteiger partial charge in [0.25, 0.3) is 0 Å². The number of hydrogen-bond donors (Lipinski definition) is 0. The first-order valence-electron chi connectivity index (χ1n) is 14.3. The van der Waals surface area contributed by atoms with Crippen molar-refractivity contribution < 1.29 is 20.1 Å². The predicted molar refractivity (Wildman–Crippen MR) is 174 cm³/mol. The normalized spacial score (nSPS) is 12.5. The van der Waals surface area contributed by atoms with Gasteiger partial charge in [0.15, 0.2) is 0 Å². The van der Waals surface area contributed by atoms with Crippen molar-refractivity contribution in [2.45, 2.75) is 26.2 Å². The molecule has 0 atom stereocenters. The average Bonchev–Trinajstić information content (AvgIpc) is 3.27. The summed E-state index contributed by atoms with van der Waals surface area (Å²) < 4.78 is 0. The molecule has 1 aliphatic carbocycles. The molecular weight excluding hydrogens is 701 g/mol. The van der Waals surface area contributed by atoms with Gasteiger partial charge in [-0.3, -0.25) is 0 Å². The Morgan fingerprint density at radius 2 is 1.40 bits per heavy atom. The molecule has 0 bridgehead atoms. The topological polar surface area (TPSA) is 25.8 Å². The zero-order valence-electron chi connectivity index (χ0n) is 24.4. The average molecular weight is 731 g/mol. The van der Waals surface area contributed by atoms with Gasteiger partial charge in [0.1, 0.15) is 0 Å². The van der Waals surface area contributed by atoms with Crippen molar-refractivity contribution >= 4 is 21.5 Å². The second-order valence-corrected chi connectivity index (χ2v) is 11.4. The molecule has 0 amide bonds. The summed E-state index contributed by atoms with van der Waals surface area (Å²) in [5, 5.41) is 4.93. The number of rotatable bonds is 2. The Morgan fingerprint density at radius 1 is 0.605 bits per heavy atom. The summed E-state index contributed by atoms with van der Waals surface area (Å²) in [6, 6.07) is 46.9. The Bertz CT molecular complexity index is 2080. The van der Waals surface area contributed by atoms with E-state index in [0.717, 1.165) is 22.5 Å². The van der Waals surface area contributed by atoms with Crippen LogP contribution in [-0.2, 0) is 25.5 Å². The molecule has 0 saturated carbocycles. The monoisotopic (exact) mass is 731 g/mol. The van der Waals surface area contributed by atoms with Crippen molar-refractivity contribution in [3.63, 3.8) is 0 Å². The Balaban J connectivity index is 0.000000199. The fourth-order valence-electron chi connectivity index (χ4n) is 6.16. The minimum atomic E-state index is 0. The standard InChI is InChI=1S/C28H20N.C12H10N.Ir/c1-28(2)25-10-6-5-9-22(25)24-17-19(12-14-26(24)28)27-23-13-11-18-7-3-4-8-20(18)21(23)15-16-29-27;1-10-7-8-13-12(9-10)11-5-3-2-4-6-11;/h3-11,13-17H,1-2H3;2-5,7-9H,1H3;/q2*-1;. The molecule has 5 aromatic carbocycles. The maximum atomic E-state index is 4.77. The van der Waals surface area contributed by atoms with Gasteiger partial charge in [-0.2, -0.15) is 0 Å². The zero-order chi connectivity index (χ0) is 28.7. The van der Waals surface area contributed by atoms with E-state index in [2.05, 4.69) is 123 Å². The molecule has 0 saturated heterocycles. The smallest absolute Gasteiger partial charge is 0.0167 e. The first kappa shape index (κ1) is 28.7. The molecule has 0 fully saturated rings. The Kier molecular flexibility index (Phi) is 7.79. The van der Waals surface area contributed by atoms with Gasteiger partial charge in [-0.1, -0.05) is 91.7 Å². The van der Waals surface area contributed by atoms with Crippen LogP contribution in [0.25, 0.3) is 55.2 Å². The molecule has 0 N–H and O–H groups in total. The molecule has 2 nitrogen and oxygen atoms in total. The quantitative estimate of drug-likeness (QED) is 0.131. The van der Waals surface area contributed by atoms with E-state index in [4.69, 9.17) is 4.98 Å². The summed E-state index contributed by atoms with van der Waals surface area (Å²) in [4.78, 5) is 9.05. The van der Waals surface area contributed by atoms with Crippen molar-refractivity contribution in [1.29, 1.82) is 0 Å². The summed E-state index contributed by atoms with van der Waals surface area (Å²) in [6.07, 6.45) is 3.74. The van der Waals surface area contributed by atoms with E-state index in [0.29, 0.717) is 0 Å². The second-order valence-electron chi connectivity index (χ2n) is 11.4. The van der Waals surface area contributed by atoms with Crippen LogP contribution in [0.5, 0.6) is 0 Å². The van der Waals surface area contributed by atoms with Crippen LogP contribution in [0.4, 0.5) is 0 Å². The molecule has 211 valence electrons. The van der Waals surface area contributed by atoms with Gasteiger partial charge in [-0.05, 0) is 68.5 Å². The molecule has 1 aliphatic rings. The van der Waals surface area contributed by atoms with Crippen LogP contribution in [0, 0.1) is 19.1 Å². The fraction of sp³-hybridized carbons (Fsp3) is 0.100. The van der Waals surface area contributed by atoms with Crippen molar-refractivity contribution in [2.75, 3.05) is 0 Å².